The molecule has 0 aliphatic heterocycles. The molecule has 0 saturated heterocycles. The van der Waals surface area contributed by atoms with Gasteiger partial charge in [-0.25, -0.2) is 0 Å². The van der Waals surface area contributed by atoms with Crippen molar-refractivity contribution in [3.8, 4) is 0 Å². The first-order chi connectivity index (χ1) is 7.36. The van der Waals surface area contributed by atoms with E-state index < -0.39 is 9.04 Å². The molecule has 1 atom stereocenters. The van der Waals surface area contributed by atoms with Crippen LogP contribution in [0.1, 0.15) is 18.4 Å². The van der Waals surface area contributed by atoms with E-state index in [1.54, 1.807) is 0 Å². The van der Waals surface area contributed by atoms with Crippen molar-refractivity contribution in [1.29, 1.82) is 0 Å². The normalized spacial score (nSPS) is 12.3. The number of allylic oxidation sites excluding steroid dienone is 1. The number of benzene rings is 1. The molecule has 1 nitrogen and oxygen atoms in total. The van der Waals surface area contributed by atoms with Crippen LogP contribution in [0.3, 0.4) is 0 Å². The van der Waals surface area contributed by atoms with Gasteiger partial charge < -0.3 is 4.43 Å². The number of hydrogen-bond acceptors (Lipinski definition) is 1. The fourth-order valence-corrected chi connectivity index (χ4v) is 3.77. The Morgan fingerprint density at radius 3 is 2.67 bits per heavy atom. The maximum Gasteiger partial charge on any atom is 0.180 e. The van der Waals surface area contributed by atoms with Crippen molar-refractivity contribution in [2.24, 2.45) is 0 Å². The highest BCUT2D eigenvalue weighted by Gasteiger charge is 2.10. The molecule has 1 aromatic rings. The zero-order valence-electron chi connectivity index (χ0n) is 9.49. The first-order valence-corrected chi connectivity index (χ1v) is 7.65. The third-order valence-electron chi connectivity index (χ3n) is 2.57. The Kier molecular flexibility index (Phi) is 6.05. The Balaban J connectivity index is 2.36. The predicted octanol–water partition coefficient (Wildman–Crippen LogP) is 3.10. The third kappa shape index (κ3) is 4.95. The summed E-state index contributed by atoms with van der Waals surface area (Å²) in [5.74, 6) is 0. The summed E-state index contributed by atoms with van der Waals surface area (Å²) in [4.78, 5) is 0. The average molecular weight is 220 g/mol. The number of rotatable bonds is 7. The summed E-state index contributed by atoms with van der Waals surface area (Å²) in [5, 5.41) is 0. The van der Waals surface area contributed by atoms with Crippen molar-refractivity contribution in [2.45, 2.75) is 24.9 Å². The summed E-state index contributed by atoms with van der Waals surface area (Å²) >= 11 is 0. The number of hydrogen-bond donors (Lipinski definition) is 0. The van der Waals surface area contributed by atoms with E-state index in [1.807, 2.05) is 13.2 Å². The molecule has 0 amide bonds. The second-order valence-corrected chi connectivity index (χ2v) is 6.47. The van der Waals surface area contributed by atoms with Crippen LogP contribution in [0.15, 0.2) is 43.0 Å². The lowest BCUT2D eigenvalue weighted by atomic mass is 10.2. The third-order valence-corrected chi connectivity index (χ3v) is 5.22. The van der Waals surface area contributed by atoms with Gasteiger partial charge in [-0.05, 0) is 24.1 Å². The molecule has 82 valence electrons. The van der Waals surface area contributed by atoms with Crippen LogP contribution in [0.4, 0.5) is 0 Å². The molecule has 0 radical (unpaired) electrons. The zero-order chi connectivity index (χ0) is 10.9. The topological polar surface area (TPSA) is 9.23 Å². The molecule has 0 aliphatic carbocycles. The molecule has 15 heavy (non-hydrogen) atoms. The van der Waals surface area contributed by atoms with Crippen molar-refractivity contribution < 1.29 is 4.43 Å². The lowest BCUT2D eigenvalue weighted by Gasteiger charge is -2.12. The van der Waals surface area contributed by atoms with Gasteiger partial charge in [-0.15, -0.1) is 6.58 Å². The van der Waals surface area contributed by atoms with Gasteiger partial charge in [-0.1, -0.05) is 42.8 Å². The minimum absolute atomic E-state index is 1.02. The van der Waals surface area contributed by atoms with Gasteiger partial charge in [-0.3, -0.25) is 0 Å². The van der Waals surface area contributed by atoms with Gasteiger partial charge >= 0.3 is 0 Å². The molecule has 2 heteroatoms. The van der Waals surface area contributed by atoms with Gasteiger partial charge in [0.2, 0.25) is 0 Å². The molecule has 0 spiro atoms. The second-order valence-electron chi connectivity index (χ2n) is 3.77. The summed E-state index contributed by atoms with van der Waals surface area (Å²) in [5.41, 5.74) is 1.41. The van der Waals surface area contributed by atoms with E-state index in [0.29, 0.717) is 0 Å². The molecule has 0 saturated carbocycles. The quantitative estimate of drug-likeness (QED) is 0.390. The summed E-state index contributed by atoms with van der Waals surface area (Å²) in [6.07, 6.45) is 4.33. The molecule has 0 N–H and O–H groups in total. The molecule has 0 heterocycles. The van der Waals surface area contributed by atoms with E-state index in [4.69, 9.17) is 4.43 Å². The molecule has 0 fully saturated rings. The largest absolute Gasteiger partial charge is 0.423 e. The summed E-state index contributed by atoms with van der Waals surface area (Å²) < 4.78 is 5.61. The molecule has 0 aliphatic rings. The first-order valence-electron chi connectivity index (χ1n) is 5.54. The fraction of sp³-hybridized carbons (Fsp3) is 0.385. The zero-order valence-corrected chi connectivity index (χ0v) is 10.6. The van der Waals surface area contributed by atoms with E-state index in [9.17, 15) is 0 Å². The maximum absolute atomic E-state index is 5.61. The lowest BCUT2D eigenvalue weighted by molar-refractivity contribution is 0.415. The molecule has 0 bridgehead atoms. The van der Waals surface area contributed by atoms with Crippen LogP contribution in [-0.4, -0.2) is 16.2 Å². The van der Waals surface area contributed by atoms with Crippen LogP contribution in [-0.2, 0) is 10.5 Å². The Morgan fingerprint density at radius 1 is 1.33 bits per heavy atom. The second kappa shape index (κ2) is 7.43. The van der Waals surface area contributed by atoms with Gasteiger partial charge in [-0.2, -0.15) is 0 Å². The highest BCUT2D eigenvalue weighted by atomic mass is 28.3. The standard InChI is InChI=1S/C13H20OSi/c1-3-4-8-11-15(14-2)12-13-9-6-5-7-10-13/h3,5-7,9-10,15H,1,4,8,11-12H2,2H3. The smallest absolute Gasteiger partial charge is 0.180 e. The van der Waals surface area contributed by atoms with Crippen LogP contribution < -0.4 is 0 Å². The van der Waals surface area contributed by atoms with Crippen LogP contribution in [0, 0.1) is 0 Å². The van der Waals surface area contributed by atoms with Gasteiger partial charge in [0.05, 0.1) is 0 Å². The van der Waals surface area contributed by atoms with E-state index in [1.165, 1.54) is 18.0 Å². The van der Waals surface area contributed by atoms with Gasteiger partial charge in [0.1, 0.15) is 0 Å². The van der Waals surface area contributed by atoms with E-state index in [0.717, 1.165) is 12.5 Å². The Bertz CT molecular complexity index is 271. The van der Waals surface area contributed by atoms with Gasteiger partial charge in [0, 0.05) is 7.11 Å². The summed E-state index contributed by atoms with van der Waals surface area (Å²) in [6.45, 7) is 3.74. The van der Waals surface area contributed by atoms with E-state index >= 15 is 0 Å². The average Bonchev–Trinajstić information content (AvgIpc) is 2.29. The van der Waals surface area contributed by atoms with Crippen LogP contribution >= 0.6 is 0 Å². The minimum atomic E-state index is -1.02. The molecular weight excluding hydrogens is 200 g/mol. The lowest BCUT2D eigenvalue weighted by Crippen LogP contribution is -2.19. The molecule has 1 aromatic carbocycles. The van der Waals surface area contributed by atoms with E-state index in [-0.39, 0.29) is 0 Å². The molecular formula is C13H20OSi. The van der Waals surface area contributed by atoms with Crippen molar-refractivity contribution in [3.63, 3.8) is 0 Å². The minimum Gasteiger partial charge on any atom is -0.423 e. The summed E-state index contributed by atoms with van der Waals surface area (Å²) in [6, 6.07) is 13.0. The predicted molar refractivity (Wildman–Crippen MR) is 68.5 cm³/mol. The highest BCUT2D eigenvalue weighted by Crippen LogP contribution is 2.09. The molecule has 1 rings (SSSR count). The molecule has 0 aromatic heterocycles. The van der Waals surface area contributed by atoms with Crippen molar-refractivity contribution >= 4 is 9.04 Å². The van der Waals surface area contributed by atoms with Crippen LogP contribution in [0.25, 0.3) is 0 Å². The Hall–Kier alpha value is -0.863. The summed E-state index contributed by atoms with van der Waals surface area (Å²) in [7, 11) is 0.836. The Morgan fingerprint density at radius 2 is 2.07 bits per heavy atom. The first kappa shape index (κ1) is 12.2. The SMILES string of the molecule is C=CCCC[SiH](Cc1ccccc1)OC. The Labute approximate surface area is 94.5 Å². The van der Waals surface area contributed by atoms with Crippen LogP contribution in [0.5, 0.6) is 0 Å². The number of unbranched alkanes of at least 4 members (excludes halogenated alkanes) is 1. The fourth-order valence-electron chi connectivity index (χ4n) is 1.67. The van der Waals surface area contributed by atoms with Gasteiger partial charge in [0.25, 0.3) is 0 Å². The van der Waals surface area contributed by atoms with Crippen molar-refractivity contribution in [3.05, 3.63) is 48.6 Å². The van der Waals surface area contributed by atoms with Crippen molar-refractivity contribution in [1.82, 2.24) is 0 Å². The van der Waals surface area contributed by atoms with Gasteiger partial charge in [0.15, 0.2) is 9.04 Å². The van der Waals surface area contributed by atoms with Crippen molar-refractivity contribution in [2.75, 3.05) is 7.11 Å². The van der Waals surface area contributed by atoms with Crippen LogP contribution in [0.2, 0.25) is 6.04 Å². The maximum atomic E-state index is 5.61. The molecule has 1 unspecified atom stereocenters. The monoisotopic (exact) mass is 220 g/mol. The highest BCUT2D eigenvalue weighted by molar-refractivity contribution is 6.51. The van der Waals surface area contributed by atoms with E-state index in [2.05, 4.69) is 36.9 Å².